The van der Waals surface area contributed by atoms with Gasteiger partial charge in [-0.15, -0.1) is 0 Å². The fourth-order valence-corrected chi connectivity index (χ4v) is 3.08. The number of anilines is 1. The normalized spacial score (nSPS) is 14.5. The Balaban J connectivity index is 1.72. The lowest BCUT2D eigenvalue weighted by Gasteiger charge is -2.22. The van der Waals surface area contributed by atoms with Gasteiger partial charge in [0.25, 0.3) is 5.91 Å². The first-order valence-corrected chi connectivity index (χ1v) is 10.2. The second kappa shape index (κ2) is 11.9. The van der Waals surface area contributed by atoms with Gasteiger partial charge in [-0.2, -0.15) is 0 Å². The lowest BCUT2D eigenvalue weighted by Crippen LogP contribution is -2.41. The summed E-state index contributed by atoms with van der Waals surface area (Å²) in [6.07, 6.45) is 7.99. The molecule has 1 fully saturated rings. The van der Waals surface area contributed by atoms with Crippen LogP contribution in [-0.2, 0) is 19.1 Å². The average Bonchev–Trinajstić information content (AvgIpc) is 2.98. The number of esters is 1. The number of nitrogens with zero attached hydrogens (tertiary/aromatic N) is 1. The Morgan fingerprint density at radius 3 is 2.31 bits per heavy atom. The molecule has 2 N–H and O–H groups in total. The highest BCUT2D eigenvalue weighted by Gasteiger charge is 2.10. The molecule has 1 saturated heterocycles. The molecule has 2 amide bonds. The van der Waals surface area contributed by atoms with Gasteiger partial charge in [-0.3, -0.25) is 9.59 Å². The molecule has 0 unspecified atom stereocenters. The van der Waals surface area contributed by atoms with E-state index in [1.165, 1.54) is 37.4 Å². The van der Waals surface area contributed by atoms with E-state index in [9.17, 15) is 14.4 Å². The first kappa shape index (κ1) is 22.5. The average molecular weight is 402 g/mol. The number of amides is 2. The van der Waals surface area contributed by atoms with Gasteiger partial charge >= 0.3 is 5.97 Å². The van der Waals surface area contributed by atoms with Crippen molar-refractivity contribution in [2.24, 2.45) is 0 Å². The quantitative estimate of drug-likeness (QED) is 0.515. The standard InChI is InChI=1S/C22H31N3O4/c1-17(2)24-20(26)15-23-21(27)16-29-22(28)12-9-18-7-10-19(11-8-18)25-13-5-3-4-6-14-25/h7-12,17H,3-6,13-16H2,1-2H3,(H,23,27)(H,24,26)/b12-9+. The molecular weight excluding hydrogens is 370 g/mol. The van der Waals surface area contributed by atoms with Crippen LogP contribution in [0.15, 0.2) is 30.3 Å². The van der Waals surface area contributed by atoms with E-state index in [-0.39, 0.29) is 18.5 Å². The Bertz CT molecular complexity index is 705. The molecular formula is C22H31N3O4. The Labute approximate surface area is 172 Å². The Morgan fingerprint density at radius 2 is 1.69 bits per heavy atom. The van der Waals surface area contributed by atoms with E-state index >= 15 is 0 Å². The zero-order valence-corrected chi connectivity index (χ0v) is 17.3. The van der Waals surface area contributed by atoms with Gasteiger partial charge in [-0.05, 0) is 50.5 Å². The van der Waals surface area contributed by atoms with Crippen molar-refractivity contribution in [3.05, 3.63) is 35.9 Å². The third-order valence-corrected chi connectivity index (χ3v) is 4.52. The van der Waals surface area contributed by atoms with Crippen LogP contribution in [0.25, 0.3) is 6.08 Å². The van der Waals surface area contributed by atoms with Gasteiger partial charge in [-0.25, -0.2) is 4.79 Å². The van der Waals surface area contributed by atoms with Gasteiger partial charge in [0.2, 0.25) is 5.91 Å². The highest BCUT2D eigenvalue weighted by atomic mass is 16.5. The summed E-state index contributed by atoms with van der Waals surface area (Å²) in [5, 5.41) is 5.06. The highest BCUT2D eigenvalue weighted by Crippen LogP contribution is 2.20. The molecule has 0 radical (unpaired) electrons. The maximum atomic E-state index is 11.8. The van der Waals surface area contributed by atoms with Crippen LogP contribution in [0.4, 0.5) is 5.69 Å². The summed E-state index contributed by atoms with van der Waals surface area (Å²) < 4.78 is 4.89. The minimum absolute atomic E-state index is 0.000729. The first-order valence-electron chi connectivity index (χ1n) is 10.2. The van der Waals surface area contributed by atoms with Crippen LogP contribution in [0.2, 0.25) is 0 Å². The summed E-state index contributed by atoms with van der Waals surface area (Å²) >= 11 is 0. The third kappa shape index (κ3) is 8.81. The molecule has 1 aliphatic rings. The van der Waals surface area contributed by atoms with Crippen molar-refractivity contribution in [2.45, 2.75) is 45.6 Å². The highest BCUT2D eigenvalue weighted by molar-refractivity contribution is 5.90. The van der Waals surface area contributed by atoms with Gasteiger partial charge in [0.15, 0.2) is 6.61 Å². The monoisotopic (exact) mass is 401 g/mol. The summed E-state index contributed by atoms with van der Waals surface area (Å²) in [5.74, 6) is -1.42. The minimum atomic E-state index is -0.608. The molecule has 2 rings (SSSR count). The fraction of sp³-hybridized carbons (Fsp3) is 0.500. The lowest BCUT2D eigenvalue weighted by atomic mass is 10.1. The van der Waals surface area contributed by atoms with E-state index in [0.717, 1.165) is 18.7 Å². The van der Waals surface area contributed by atoms with Crippen molar-refractivity contribution in [3.8, 4) is 0 Å². The zero-order valence-electron chi connectivity index (χ0n) is 17.3. The topological polar surface area (TPSA) is 87.7 Å². The fourth-order valence-electron chi connectivity index (χ4n) is 3.08. The van der Waals surface area contributed by atoms with Crippen molar-refractivity contribution in [1.82, 2.24) is 10.6 Å². The second-order valence-corrected chi connectivity index (χ2v) is 7.43. The van der Waals surface area contributed by atoms with Crippen molar-refractivity contribution in [3.63, 3.8) is 0 Å². The number of carbonyl (C=O) groups is 3. The predicted octanol–water partition coefficient (Wildman–Crippen LogP) is 2.26. The number of ether oxygens (including phenoxy) is 1. The molecule has 1 aromatic rings. The summed E-state index contributed by atoms with van der Waals surface area (Å²) in [7, 11) is 0. The largest absolute Gasteiger partial charge is 0.452 e. The molecule has 7 heteroatoms. The molecule has 1 heterocycles. The molecule has 0 saturated carbocycles. The molecule has 1 aliphatic heterocycles. The third-order valence-electron chi connectivity index (χ3n) is 4.52. The van der Waals surface area contributed by atoms with Gasteiger partial charge < -0.3 is 20.3 Å². The molecule has 0 bridgehead atoms. The van der Waals surface area contributed by atoms with Gasteiger partial charge in [-0.1, -0.05) is 25.0 Å². The molecule has 1 aromatic carbocycles. The number of rotatable bonds is 8. The van der Waals surface area contributed by atoms with Crippen molar-refractivity contribution in [1.29, 1.82) is 0 Å². The number of hydrogen-bond donors (Lipinski definition) is 2. The van der Waals surface area contributed by atoms with E-state index in [2.05, 4.69) is 27.7 Å². The van der Waals surface area contributed by atoms with Gasteiger partial charge in [0.05, 0.1) is 6.54 Å². The number of nitrogens with one attached hydrogen (secondary N) is 2. The minimum Gasteiger partial charge on any atom is -0.452 e. The van der Waals surface area contributed by atoms with E-state index in [1.807, 2.05) is 26.0 Å². The van der Waals surface area contributed by atoms with Crippen molar-refractivity contribution < 1.29 is 19.1 Å². The predicted molar refractivity (Wildman–Crippen MR) is 113 cm³/mol. The van der Waals surface area contributed by atoms with Crippen LogP contribution in [0.5, 0.6) is 0 Å². The number of carbonyl (C=O) groups excluding carboxylic acids is 3. The molecule has 0 aromatic heterocycles. The maximum absolute atomic E-state index is 11.8. The summed E-state index contributed by atoms with van der Waals surface area (Å²) in [5.41, 5.74) is 2.08. The molecule has 7 nitrogen and oxygen atoms in total. The van der Waals surface area contributed by atoms with Crippen molar-refractivity contribution in [2.75, 3.05) is 31.1 Å². The van der Waals surface area contributed by atoms with Crippen molar-refractivity contribution >= 4 is 29.5 Å². The van der Waals surface area contributed by atoms with Crippen LogP contribution >= 0.6 is 0 Å². The van der Waals surface area contributed by atoms with E-state index in [0.29, 0.717) is 0 Å². The van der Waals surface area contributed by atoms with Crippen LogP contribution in [0.1, 0.15) is 45.1 Å². The van der Waals surface area contributed by atoms with Crippen LogP contribution in [0.3, 0.4) is 0 Å². The smallest absolute Gasteiger partial charge is 0.331 e. The molecule has 0 spiro atoms. The Kier molecular flexibility index (Phi) is 9.21. The van der Waals surface area contributed by atoms with Gasteiger partial charge in [0.1, 0.15) is 0 Å². The van der Waals surface area contributed by atoms with Crippen LogP contribution in [-0.4, -0.2) is 50.1 Å². The molecule has 29 heavy (non-hydrogen) atoms. The molecule has 0 aliphatic carbocycles. The first-order chi connectivity index (χ1) is 13.9. The Hall–Kier alpha value is -2.83. The zero-order chi connectivity index (χ0) is 21.1. The summed E-state index contributed by atoms with van der Waals surface area (Å²) in [4.78, 5) is 37.3. The SMILES string of the molecule is CC(C)NC(=O)CNC(=O)COC(=O)/C=C/c1ccc(N2CCCCCC2)cc1. The van der Waals surface area contributed by atoms with E-state index in [1.54, 1.807) is 6.08 Å². The maximum Gasteiger partial charge on any atom is 0.331 e. The Morgan fingerprint density at radius 1 is 1.03 bits per heavy atom. The number of hydrogen-bond acceptors (Lipinski definition) is 5. The van der Waals surface area contributed by atoms with E-state index in [4.69, 9.17) is 4.74 Å². The van der Waals surface area contributed by atoms with Crippen LogP contribution in [0, 0.1) is 0 Å². The van der Waals surface area contributed by atoms with Gasteiger partial charge in [0, 0.05) is 30.9 Å². The summed E-state index contributed by atoms with van der Waals surface area (Å²) in [6.45, 7) is 5.26. The van der Waals surface area contributed by atoms with E-state index < -0.39 is 18.5 Å². The number of benzene rings is 1. The lowest BCUT2D eigenvalue weighted by molar-refractivity contribution is -0.143. The summed E-state index contributed by atoms with van der Waals surface area (Å²) in [6, 6.07) is 8.05. The second-order valence-electron chi connectivity index (χ2n) is 7.43. The van der Waals surface area contributed by atoms with Crippen LogP contribution < -0.4 is 15.5 Å². The molecule has 158 valence electrons. The molecule has 0 atom stereocenters.